The van der Waals surface area contributed by atoms with Gasteiger partial charge in [-0.15, -0.1) is 5.10 Å². The van der Waals surface area contributed by atoms with Crippen LogP contribution in [0.25, 0.3) is 0 Å². The van der Waals surface area contributed by atoms with Crippen LogP contribution in [0.3, 0.4) is 0 Å². The molecule has 0 aromatic carbocycles. The number of nitrogens with one attached hydrogen (secondary N) is 1. The Kier molecular flexibility index (Phi) is 3.16. The van der Waals surface area contributed by atoms with Gasteiger partial charge in [0.2, 0.25) is 5.95 Å². The number of carbonyl (C=O) groups is 1. The summed E-state index contributed by atoms with van der Waals surface area (Å²) < 4.78 is 0.807. The second-order valence-corrected chi connectivity index (χ2v) is 3.70. The van der Waals surface area contributed by atoms with Crippen molar-refractivity contribution in [3.05, 3.63) is 40.9 Å². The van der Waals surface area contributed by atoms with E-state index in [2.05, 4.69) is 41.4 Å². The molecule has 1 amide bonds. The van der Waals surface area contributed by atoms with Gasteiger partial charge >= 0.3 is 0 Å². The molecule has 0 saturated carbocycles. The average molecular weight is 280 g/mol. The topological polar surface area (TPSA) is 80.7 Å². The monoisotopic (exact) mass is 279 g/mol. The second kappa shape index (κ2) is 4.75. The molecule has 0 unspecified atom stereocenters. The molecule has 2 aromatic heterocycles. The van der Waals surface area contributed by atoms with E-state index in [-0.39, 0.29) is 17.5 Å². The molecule has 0 atom stereocenters. The van der Waals surface area contributed by atoms with Crippen LogP contribution in [-0.2, 0) is 0 Å². The molecule has 0 fully saturated rings. The molecule has 0 spiro atoms. The minimum atomic E-state index is -0.375. The highest BCUT2D eigenvalue weighted by molar-refractivity contribution is 9.10. The Labute approximate surface area is 99.3 Å². The molecule has 0 aliphatic rings. The first-order chi connectivity index (χ1) is 7.75. The molecule has 0 bridgehead atoms. The van der Waals surface area contributed by atoms with E-state index in [9.17, 15) is 4.79 Å². The van der Waals surface area contributed by atoms with E-state index in [1.54, 1.807) is 18.3 Å². The quantitative estimate of drug-likeness (QED) is 0.896. The van der Waals surface area contributed by atoms with Gasteiger partial charge in [-0.3, -0.25) is 10.1 Å². The molecule has 80 valence electrons. The molecule has 0 aliphatic carbocycles. The number of rotatable bonds is 2. The third-order valence-corrected chi connectivity index (χ3v) is 2.14. The first-order valence-electron chi connectivity index (χ1n) is 4.32. The molecule has 2 heterocycles. The van der Waals surface area contributed by atoms with Crippen molar-refractivity contribution >= 4 is 27.8 Å². The van der Waals surface area contributed by atoms with Crippen molar-refractivity contribution in [1.82, 2.24) is 20.2 Å². The van der Waals surface area contributed by atoms with Gasteiger partial charge in [-0.2, -0.15) is 5.10 Å². The van der Waals surface area contributed by atoms with E-state index < -0.39 is 0 Å². The van der Waals surface area contributed by atoms with Crippen LogP contribution in [0.1, 0.15) is 10.5 Å². The molecular formula is C9H6BrN5O. The molecule has 0 saturated heterocycles. The standard InChI is InChI=1S/C9H6BrN5O/c10-6-1-2-7(12-5-6)8(16)14-9-11-3-4-13-15-9/h1-5H,(H,11,14,15,16). The number of carbonyl (C=O) groups excluding carboxylic acids is 1. The number of amides is 1. The maximum atomic E-state index is 11.6. The van der Waals surface area contributed by atoms with Crippen molar-refractivity contribution < 1.29 is 4.79 Å². The Bertz CT molecular complexity index is 487. The molecule has 16 heavy (non-hydrogen) atoms. The van der Waals surface area contributed by atoms with Crippen molar-refractivity contribution in [3.63, 3.8) is 0 Å². The minimum absolute atomic E-state index is 0.150. The maximum absolute atomic E-state index is 11.6. The van der Waals surface area contributed by atoms with E-state index in [1.807, 2.05) is 0 Å². The summed E-state index contributed by atoms with van der Waals surface area (Å²) in [6.07, 6.45) is 4.41. The summed E-state index contributed by atoms with van der Waals surface area (Å²) in [7, 11) is 0. The highest BCUT2D eigenvalue weighted by atomic mass is 79.9. The van der Waals surface area contributed by atoms with Crippen LogP contribution in [0.15, 0.2) is 35.2 Å². The highest BCUT2D eigenvalue weighted by Gasteiger charge is 2.08. The number of hydrogen-bond acceptors (Lipinski definition) is 5. The van der Waals surface area contributed by atoms with Crippen LogP contribution >= 0.6 is 15.9 Å². The van der Waals surface area contributed by atoms with E-state index in [0.717, 1.165) is 4.47 Å². The summed E-state index contributed by atoms with van der Waals surface area (Å²) in [6, 6.07) is 3.32. The zero-order valence-electron chi connectivity index (χ0n) is 7.96. The van der Waals surface area contributed by atoms with Gasteiger partial charge < -0.3 is 0 Å². The van der Waals surface area contributed by atoms with Gasteiger partial charge in [-0.25, -0.2) is 9.97 Å². The number of aromatic nitrogens is 4. The first-order valence-corrected chi connectivity index (χ1v) is 5.11. The zero-order valence-corrected chi connectivity index (χ0v) is 9.55. The van der Waals surface area contributed by atoms with Gasteiger partial charge in [0.05, 0.1) is 12.4 Å². The molecule has 2 rings (SSSR count). The average Bonchev–Trinajstić information content (AvgIpc) is 2.31. The van der Waals surface area contributed by atoms with Gasteiger partial charge in [0.25, 0.3) is 5.91 Å². The third-order valence-electron chi connectivity index (χ3n) is 1.67. The lowest BCUT2D eigenvalue weighted by Crippen LogP contribution is -2.15. The Balaban J connectivity index is 2.12. The van der Waals surface area contributed by atoms with Crippen LogP contribution in [-0.4, -0.2) is 26.1 Å². The Morgan fingerprint density at radius 3 is 2.75 bits per heavy atom. The number of anilines is 1. The largest absolute Gasteiger partial charge is 0.288 e. The highest BCUT2D eigenvalue weighted by Crippen LogP contribution is 2.08. The maximum Gasteiger partial charge on any atom is 0.276 e. The number of hydrogen-bond donors (Lipinski definition) is 1. The van der Waals surface area contributed by atoms with Crippen molar-refractivity contribution in [2.45, 2.75) is 0 Å². The van der Waals surface area contributed by atoms with E-state index in [0.29, 0.717) is 0 Å². The van der Waals surface area contributed by atoms with Crippen molar-refractivity contribution in [2.75, 3.05) is 5.32 Å². The summed E-state index contributed by atoms with van der Waals surface area (Å²) in [5.41, 5.74) is 0.288. The third kappa shape index (κ3) is 2.57. The molecule has 1 N–H and O–H groups in total. The molecular weight excluding hydrogens is 274 g/mol. The van der Waals surface area contributed by atoms with Crippen molar-refractivity contribution in [3.8, 4) is 0 Å². The molecule has 0 radical (unpaired) electrons. The van der Waals surface area contributed by atoms with Gasteiger partial charge in [0, 0.05) is 10.7 Å². The van der Waals surface area contributed by atoms with Crippen LogP contribution in [0, 0.1) is 0 Å². The zero-order chi connectivity index (χ0) is 11.4. The first kappa shape index (κ1) is 10.6. The summed E-state index contributed by atoms with van der Waals surface area (Å²) >= 11 is 3.23. The normalized spacial score (nSPS) is 9.81. The van der Waals surface area contributed by atoms with Gasteiger partial charge in [-0.05, 0) is 28.1 Å². The summed E-state index contributed by atoms with van der Waals surface area (Å²) in [5, 5.41) is 9.70. The van der Waals surface area contributed by atoms with Crippen molar-refractivity contribution in [2.24, 2.45) is 0 Å². The summed E-state index contributed by atoms with van der Waals surface area (Å²) in [5.74, 6) is -0.224. The predicted molar refractivity (Wildman–Crippen MR) is 59.7 cm³/mol. The van der Waals surface area contributed by atoms with Gasteiger partial charge in [0.15, 0.2) is 0 Å². The van der Waals surface area contributed by atoms with Crippen molar-refractivity contribution in [1.29, 1.82) is 0 Å². The van der Waals surface area contributed by atoms with Gasteiger partial charge in [0.1, 0.15) is 5.69 Å². The fraction of sp³-hybridized carbons (Fsp3) is 0. The van der Waals surface area contributed by atoms with Crippen LogP contribution in [0.2, 0.25) is 0 Å². The predicted octanol–water partition coefficient (Wildman–Crippen LogP) is 1.28. The fourth-order valence-corrected chi connectivity index (χ4v) is 1.22. The minimum Gasteiger partial charge on any atom is -0.288 e. The summed E-state index contributed by atoms with van der Waals surface area (Å²) in [6.45, 7) is 0. The van der Waals surface area contributed by atoms with E-state index >= 15 is 0 Å². The number of nitrogens with zero attached hydrogens (tertiary/aromatic N) is 4. The Morgan fingerprint density at radius 1 is 1.25 bits per heavy atom. The van der Waals surface area contributed by atoms with Gasteiger partial charge in [-0.1, -0.05) is 0 Å². The Hall–Kier alpha value is -1.89. The fourth-order valence-electron chi connectivity index (χ4n) is 0.981. The van der Waals surface area contributed by atoms with Crippen LogP contribution in [0.4, 0.5) is 5.95 Å². The lowest BCUT2D eigenvalue weighted by Gasteiger charge is -2.01. The van der Waals surface area contributed by atoms with E-state index in [4.69, 9.17) is 0 Å². The smallest absolute Gasteiger partial charge is 0.276 e. The second-order valence-electron chi connectivity index (χ2n) is 2.78. The van der Waals surface area contributed by atoms with Crippen LogP contribution in [0.5, 0.6) is 0 Å². The number of pyridine rings is 1. The Morgan fingerprint density at radius 2 is 2.12 bits per heavy atom. The van der Waals surface area contributed by atoms with E-state index in [1.165, 1.54) is 12.4 Å². The molecule has 2 aromatic rings. The molecule has 6 nitrogen and oxygen atoms in total. The lowest BCUT2D eigenvalue weighted by atomic mass is 10.3. The molecule has 7 heteroatoms. The molecule has 0 aliphatic heterocycles. The summed E-state index contributed by atoms with van der Waals surface area (Å²) in [4.78, 5) is 19.4. The SMILES string of the molecule is O=C(Nc1nccnn1)c1ccc(Br)cn1. The lowest BCUT2D eigenvalue weighted by molar-refractivity contribution is 0.102. The van der Waals surface area contributed by atoms with Crippen LogP contribution < -0.4 is 5.32 Å². The number of halogens is 1.